The van der Waals surface area contributed by atoms with Crippen molar-refractivity contribution in [2.24, 2.45) is 5.92 Å². The Hall–Kier alpha value is -1.18. The normalized spacial score (nSPS) is 19.9. The van der Waals surface area contributed by atoms with Crippen molar-refractivity contribution in [2.45, 2.75) is 67.0 Å². The van der Waals surface area contributed by atoms with Gasteiger partial charge in [0.15, 0.2) is 0 Å². The molecule has 1 aliphatic heterocycles. The van der Waals surface area contributed by atoms with Crippen LogP contribution in [0.1, 0.15) is 54.9 Å². The van der Waals surface area contributed by atoms with Crippen molar-refractivity contribution in [3.63, 3.8) is 0 Å². The average Bonchev–Trinajstić information content (AvgIpc) is 2.51. The molecular weight excluding hydrogens is 246 g/mol. The minimum atomic E-state index is 0.296. The second kappa shape index (κ2) is 9.68. The van der Waals surface area contributed by atoms with Gasteiger partial charge in [-0.05, 0) is 24.5 Å². The highest BCUT2D eigenvalue weighted by Gasteiger charge is 2.34. The van der Waals surface area contributed by atoms with Crippen LogP contribution in [0.4, 0.5) is 5.69 Å². The van der Waals surface area contributed by atoms with Gasteiger partial charge in [0.05, 0.1) is 11.7 Å². The lowest BCUT2D eigenvalue weighted by Crippen LogP contribution is -2.49. The number of likely N-dealkylation sites (N-methyl/N-ethyl adjacent to an activating group) is 1. The van der Waals surface area contributed by atoms with Gasteiger partial charge in [0.25, 0.3) is 0 Å². The van der Waals surface area contributed by atoms with Crippen molar-refractivity contribution in [1.82, 2.24) is 0 Å². The summed E-state index contributed by atoms with van der Waals surface area (Å²) < 4.78 is 6.13. The topological polar surface area (TPSA) is 12.5 Å². The fourth-order valence-electron chi connectivity index (χ4n) is 2.56. The monoisotopic (exact) mass is 279 g/mol. The van der Waals surface area contributed by atoms with Gasteiger partial charge in [-0.25, -0.2) is 0 Å². The summed E-state index contributed by atoms with van der Waals surface area (Å²) >= 11 is 0. The molecule has 2 heteroatoms. The van der Waals surface area contributed by atoms with Crippen molar-refractivity contribution >= 4 is 5.69 Å². The van der Waals surface area contributed by atoms with Gasteiger partial charge in [-0.15, -0.1) is 0 Å². The van der Waals surface area contributed by atoms with Crippen molar-refractivity contribution in [3.05, 3.63) is 24.3 Å². The maximum Gasteiger partial charge on any atom is 0.143 e. The first-order chi connectivity index (χ1) is 9.65. The number of fused-ring (bicyclic) bond motifs is 1. The number of benzene rings is 1. The molecule has 0 saturated carbocycles. The van der Waals surface area contributed by atoms with Crippen molar-refractivity contribution in [1.29, 1.82) is 0 Å². The molecule has 2 rings (SSSR count). The molecule has 0 spiro atoms. The maximum absolute atomic E-state index is 6.13. The third-order valence-electron chi connectivity index (χ3n) is 3.46. The Labute approximate surface area is 126 Å². The molecule has 0 bridgehead atoms. The van der Waals surface area contributed by atoms with E-state index in [9.17, 15) is 0 Å². The van der Waals surface area contributed by atoms with Gasteiger partial charge in [0.1, 0.15) is 11.9 Å². The number of hydrogen-bond acceptors (Lipinski definition) is 2. The van der Waals surface area contributed by atoms with Crippen LogP contribution in [0.25, 0.3) is 0 Å². The second-order valence-corrected chi connectivity index (χ2v) is 4.88. The molecule has 2 atom stereocenters. The number of para-hydroxylation sites is 2. The third-order valence-corrected chi connectivity index (χ3v) is 3.46. The molecule has 2 nitrogen and oxygen atoms in total. The standard InChI is InChI=1S/C14H21NO.2C2H6/c1-5-11-14(10(2)3)16-13-9-7-6-8-12(13)15(11)4;2*1-2/h6-11,14H,5H2,1-4H3;2*1-2H3. The van der Waals surface area contributed by atoms with Crippen LogP contribution in [0.3, 0.4) is 0 Å². The van der Waals surface area contributed by atoms with Crippen LogP contribution < -0.4 is 9.64 Å². The molecule has 0 aliphatic carbocycles. The fraction of sp³-hybridized carbons (Fsp3) is 0.667. The molecule has 1 aromatic carbocycles. The van der Waals surface area contributed by atoms with E-state index in [0.29, 0.717) is 18.1 Å². The molecule has 0 aromatic heterocycles. The molecule has 1 aromatic rings. The van der Waals surface area contributed by atoms with Gasteiger partial charge >= 0.3 is 0 Å². The molecule has 116 valence electrons. The van der Waals surface area contributed by atoms with E-state index >= 15 is 0 Å². The molecule has 0 radical (unpaired) electrons. The van der Waals surface area contributed by atoms with E-state index in [2.05, 4.69) is 50.9 Å². The summed E-state index contributed by atoms with van der Waals surface area (Å²) in [6, 6.07) is 8.79. The fourth-order valence-corrected chi connectivity index (χ4v) is 2.56. The maximum atomic E-state index is 6.13. The van der Waals surface area contributed by atoms with Gasteiger partial charge in [-0.1, -0.05) is 60.6 Å². The average molecular weight is 279 g/mol. The predicted molar refractivity (Wildman–Crippen MR) is 90.9 cm³/mol. The Morgan fingerprint density at radius 2 is 1.65 bits per heavy atom. The first-order valence-electron chi connectivity index (χ1n) is 8.13. The van der Waals surface area contributed by atoms with Crippen molar-refractivity contribution in [3.8, 4) is 5.75 Å². The Morgan fingerprint density at radius 1 is 1.10 bits per heavy atom. The Morgan fingerprint density at radius 3 is 2.15 bits per heavy atom. The van der Waals surface area contributed by atoms with Crippen molar-refractivity contribution < 1.29 is 4.74 Å². The van der Waals surface area contributed by atoms with Crippen LogP contribution in [0.15, 0.2) is 24.3 Å². The number of nitrogens with zero attached hydrogens (tertiary/aromatic N) is 1. The van der Waals surface area contributed by atoms with Crippen LogP contribution in [-0.2, 0) is 0 Å². The zero-order chi connectivity index (χ0) is 15.7. The summed E-state index contributed by atoms with van der Waals surface area (Å²) in [6.45, 7) is 14.7. The molecule has 0 fully saturated rings. The van der Waals surface area contributed by atoms with Gasteiger partial charge in [0, 0.05) is 7.05 Å². The molecule has 1 heterocycles. The molecule has 2 unspecified atom stereocenters. The highest BCUT2D eigenvalue weighted by molar-refractivity contribution is 5.60. The number of ether oxygens (including phenoxy) is 1. The van der Waals surface area contributed by atoms with E-state index in [1.165, 1.54) is 5.69 Å². The van der Waals surface area contributed by atoms with Crippen LogP contribution in [-0.4, -0.2) is 19.2 Å². The first kappa shape index (κ1) is 18.8. The number of anilines is 1. The highest BCUT2D eigenvalue weighted by Crippen LogP contribution is 2.37. The lowest BCUT2D eigenvalue weighted by atomic mass is 9.94. The lowest BCUT2D eigenvalue weighted by molar-refractivity contribution is 0.107. The van der Waals surface area contributed by atoms with Gasteiger partial charge < -0.3 is 9.64 Å². The molecule has 0 N–H and O–H groups in total. The van der Waals surface area contributed by atoms with Gasteiger partial charge in [-0.2, -0.15) is 0 Å². The summed E-state index contributed by atoms with van der Waals surface area (Å²) in [7, 11) is 2.17. The molecule has 0 amide bonds. The van der Waals surface area contributed by atoms with Crippen LogP contribution in [0.5, 0.6) is 5.75 Å². The zero-order valence-corrected chi connectivity index (χ0v) is 14.6. The van der Waals surface area contributed by atoms with E-state index < -0.39 is 0 Å². The summed E-state index contributed by atoms with van der Waals surface area (Å²) in [6.07, 6.45) is 1.41. The molecular formula is C18H33NO. The molecule has 20 heavy (non-hydrogen) atoms. The SMILES string of the molecule is CC.CC.CCC1C(C(C)C)Oc2ccccc2N1C. The highest BCUT2D eigenvalue weighted by atomic mass is 16.5. The molecule has 0 saturated heterocycles. The minimum Gasteiger partial charge on any atom is -0.486 e. The Balaban J connectivity index is 0.000000829. The van der Waals surface area contributed by atoms with Crippen LogP contribution >= 0.6 is 0 Å². The van der Waals surface area contributed by atoms with Crippen molar-refractivity contribution in [2.75, 3.05) is 11.9 Å². The summed E-state index contributed by atoms with van der Waals surface area (Å²) in [4.78, 5) is 2.36. The van der Waals surface area contributed by atoms with E-state index in [1.54, 1.807) is 0 Å². The number of hydrogen-bond donors (Lipinski definition) is 0. The first-order valence-corrected chi connectivity index (χ1v) is 8.13. The van der Waals surface area contributed by atoms with E-state index in [1.807, 2.05) is 33.8 Å². The van der Waals surface area contributed by atoms with Gasteiger partial charge in [-0.3, -0.25) is 0 Å². The third kappa shape index (κ3) is 4.16. The van der Waals surface area contributed by atoms with Crippen LogP contribution in [0.2, 0.25) is 0 Å². The van der Waals surface area contributed by atoms with E-state index in [-0.39, 0.29) is 0 Å². The van der Waals surface area contributed by atoms with E-state index in [4.69, 9.17) is 4.74 Å². The quantitative estimate of drug-likeness (QED) is 0.721. The van der Waals surface area contributed by atoms with Crippen LogP contribution in [0, 0.1) is 5.92 Å². The molecule has 1 aliphatic rings. The summed E-state index contributed by atoms with van der Waals surface area (Å²) in [5.74, 6) is 1.56. The van der Waals surface area contributed by atoms with Gasteiger partial charge in [0.2, 0.25) is 0 Å². The minimum absolute atomic E-state index is 0.296. The second-order valence-electron chi connectivity index (χ2n) is 4.88. The smallest absolute Gasteiger partial charge is 0.143 e. The number of rotatable bonds is 2. The Bertz CT molecular complexity index is 362. The Kier molecular flexibility index (Phi) is 9.11. The predicted octanol–water partition coefficient (Wildman–Crippen LogP) is 5.37. The summed E-state index contributed by atoms with van der Waals surface area (Å²) in [5.41, 5.74) is 1.21. The lowest BCUT2D eigenvalue weighted by Gasteiger charge is -2.42. The summed E-state index contributed by atoms with van der Waals surface area (Å²) in [5, 5.41) is 0. The van der Waals surface area contributed by atoms with E-state index in [0.717, 1.165) is 12.2 Å². The zero-order valence-electron chi connectivity index (χ0n) is 14.6. The largest absolute Gasteiger partial charge is 0.486 e.